The number of benzene rings is 2. The highest BCUT2D eigenvalue weighted by molar-refractivity contribution is 5.90. The van der Waals surface area contributed by atoms with Gasteiger partial charge >= 0.3 is 6.03 Å². The number of nitrogens with zero attached hydrogens (tertiary/aromatic N) is 2. The first-order valence-electron chi connectivity index (χ1n) is 15.2. The summed E-state index contributed by atoms with van der Waals surface area (Å²) in [4.78, 5) is 30.5. The quantitative estimate of drug-likeness (QED) is 0.274. The Bertz CT molecular complexity index is 1150. The first-order valence-corrected chi connectivity index (χ1v) is 15.2. The molecule has 0 bridgehead atoms. The molecule has 1 unspecified atom stereocenters. The summed E-state index contributed by atoms with van der Waals surface area (Å²) in [6.07, 6.45) is 3.13. The average Bonchev–Trinajstić information content (AvgIpc) is 3.56. The number of ether oxygens (including phenoxy) is 1. The Hall–Kier alpha value is -3.08. The Balaban J connectivity index is 1.53. The number of unbranched alkanes of at least 4 members (excludes halogenated alkanes) is 2. The van der Waals surface area contributed by atoms with Crippen LogP contribution in [-0.2, 0) is 22.5 Å². The van der Waals surface area contributed by atoms with Crippen molar-refractivity contribution in [3.05, 3.63) is 71.3 Å². The fourth-order valence-corrected chi connectivity index (χ4v) is 5.73. The highest BCUT2D eigenvalue weighted by Gasteiger charge is 2.43. The maximum Gasteiger partial charge on any atom is 0.321 e. The van der Waals surface area contributed by atoms with Crippen molar-refractivity contribution in [1.82, 2.24) is 20.4 Å². The molecule has 2 heterocycles. The van der Waals surface area contributed by atoms with Crippen molar-refractivity contribution in [2.75, 3.05) is 26.2 Å². The predicted octanol–water partition coefficient (Wildman–Crippen LogP) is 4.01. The first kappa shape index (κ1) is 31.8. The van der Waals surface area contributed by atoms with Crippen LogP contribution in [0.3, 0.4) is 0 Å². The number of carbonyl (C=O) groups is 2. The molecular formula is C32H44F2N4O4. The third-order valence-corrected chi connectivity index (χ3v) is 8.07. The second-order valence-corrected chi connectivity index (χ2v) is 11.4. The lowest BCUT2D eigenvalue weighted by atomic mass is 9.94. The van der Waals surface area contributed by atoms with E-state index in [-0.39, 0.29) is 37.7 Å². The number of amides is 3. The van der Waals surface area contributed by atoms with E-state index in [1.165, 1.54) is 12.1 Å². The second kappa shape index (κ2) is 15.4. The van der Waals surface area contributed by atoms with Gasteiger partial charge in [-0.3, -0.25) is 4.79 Å². The number of urea groups is 1. The average molecular weight is 587 g/mol. The van der Waals surface area contributed by atoms with Crippen LogP contribution in [0.4, 0.5) is 13.6 Å². The first-order chi connectivity index (χ1) is 20.3. The largest absolute Gasteiger partial charge is 0.389 e. The van der Waals surface area contributed by atoms with E-state index in [4.69, 9.17) is 4.74 Å². The predicted molar refractivity (Wildman–Crippen MR) is 157 cm³/mol. The molecule has 5 atom stereocenters. The van der Waals surface area contributed by atoms with Crippen molar-refractivity contribution in [2.45, 2.75) is 89.3 Å². The fourth-order valence-electron chi connectivity index (χ4n) is 5.73. The van der Waals surface area contributed by atoms with Gasteiger partial charge in [-0.1, -0.05) is 57.0 Å². The summed E-state index contributed by atoms with van der Waals surface area (Å²) in [5, 5.41) is 17.8. The summed E-state index contributed by atoms with van der Waals surface area (Å²) in [7, 11) is 0. The molecule has 2 aromatic rings. The molecule has 2 aliphatic rings. The third kappa shape index (κ3) is 8.49. The highest BCUT2D eigenvalue weighted by atomic mass is 19.1. The molecule has 42 heavy (non-hydrogen) atoms. The molecule has 4 rings (SSSR count). The van der Waals surface area contributed by atoms with Crippen LogP contribution in [0.25, 0.3) is 0 Å². The molecule has 2 fully saturated rings. The van der Waals surface area contributed by atoms with Gasteiger partial charge in [0.15, 0.2) is 0 Å². The monoisotopic (exact) mass is 586 g/mol. The number of nitrogens with one attached hydrogen (secondary N) is 2. The number of rotatable bonds is 15. The maximum absolute atomic E-state index is 14.1. The summed E-state index contributed by atoms with van der Waals surface area (Å²) >= 11 is 0. The minimum atomic E-state index is -1.06. The number of hydrogen-bond donors (Lipinski definition) is 3. The van der Waals surface area contributed by atoms with Crippen LogP contribution in [0.1, 0.15) is 57.1 Å². The van der Waals surface area contributed by atoms with Crippen molar-refractivity contribution in [1.29, 1.82) is 0 Å². The van der Waals surface area contributed by atoms with E-state index in [1.807, 2.05) is 37.3 Å². The minimum absolute atomic E-state index is 0.0139. The van der Waals surface area contributed by atoms with Gasteiger partial charge in [0, 0.05) is 38.3 Å². The minimum Gasteiger partial charge on any atom is -0.389 e. The smallest absolute Gasteiger partial charge is 0.321 e. The Kier molecular flexibility index (Phi) is 11.7. The molecule has 0 radical (unpaired) electrons. The summed E-state index contributed by atoms with van der Waals surface area (Å²) in [6.45, 7) is 6.38. The normalized spacial score (nSPS) is 22.0. The van der Waals surface area contributed by atoms with Gasteiger partial charge < -0.3 is 30.3 Å². The van der Waals surface area contributed by atoms with Gasteiger partial charge in [0.1, 0.15) is 17.7 Å². The van der Waals surface area contributed by atoms with Crippen LogP contribution < -0.4 is 10.6 Å². The molecule has 0 aliphatic carbocycles. The SMILES string of the molecule is CCCCO[C@H]1CN[C@@H]([C@@H](O)[C@H](Cc2cc(F)cc(F)c2)NC(=O)C2CN(CCCC)C(=O)N2Cc2ccccc2)C1. The Morgan fingerprint density at radius 1 is 1.10 bits per heavy atom. The van der Waals surface area contributed by atoms with Gasteiger partial charge in [-0.2, -0.15) is 0 Å². The van der Waals surface area contributed by atoms with Crippen molar-refractivity contribution in [3.8, 4) is 0 Å². The molecular weight excluding hydrogens is 542 g/mol. The number of aliphatic hydroxyl groups excluding tert-OH is 1. The summed E-state index contributed by atoms with van der Waals surface area (Å²) in [5.74, 6) is -1.86. The standard InChI is InChI=1S/C32H44F2N4O4/c1-3-5-12-37-21-29(38(32(37)41)20-22-10-8-7-9-11-22)31(40)36-28(16-23-14-24(33)17-25(34)15-23)30(39)27-18-26(19-35-27)42-13-6-4-2/h7-11,14-15,17,26-30,35,39H,3-6,12-13,16,18-21H2,1-2H3,(H,36,40)/t26-,27-,28+,29?,30-/m1/s1. The van der Waals surface area contributed by atoms with Gasteiger partial charge in [0.25, 0.3) is 0 Å². The Morgan fingerprint density at radius 3 is 2.50 bits per heavy atom. The van der Waals surface area contributed by atoms with E-state index < -0.39 is 35.7 Å². The number of aliphatic hydroxyl groups is 1. The maximum atomic E-state index is 14.1. The van der Waals surface area contributed by atoms with Crippen LogP contribution in [-0.4, -0.2) is 83.4 Å². The number of carbonyl (C=O) groups excluding carboxylic acids is 2. The molecule has 0 spiro atoms. The van der Waals surface area contributed by atoms with E-state index >= 15 is 0 Å². The van der Waals surface area contributed by atoms with E-state index in [0.29, 0.717) is 31.7 Å². The van der Waals surface area contributed by atoms with E-state index in [9.17, 15) is 23.5 Å². The molecule has 2 aromatic carbocycles. The van der Waals surface area contributed by atoms with Gasteiger partial charge in [0.05, 0.1) is 24.8 Å². The molecule has 230 valence electrons. The zero-order valence-corrected chi connectivity index (χ0v) is 24.6. The Morgan fingerprint density at radius 2 is 1.81 bits per heavy atom. The topological polar surface area (TPSA) is 94.1 Å². The molecule has 8 nitrogen and oxygen atoms in total. The van der Waals surface area contributed by atoms with E-state index in [2.05, 4.69) is 17.6 Å². The van der Waals surface area contributed by atoms with E-state index in [0.717, 1.165) is 37.3 Å². The molecule has 2 saturated heterocycles. The summed E-state index contributed by atoms with van der Waals surface area (Å²) in [6, 6.07) is 10.5. The third-order valence-electron chi connectivity index (χ3n) is 8.07. The van der Waals surface area contributed by atoms with Gasteiger partial charge in [-0.15, -0.1) is 0 Å². The molecule has 2 aliphatic heterocycles. The molecule has 0 saturated carbocycles. The fraction of sp³-hybridized carbons (Fsp3) is 0.562. The summed E-state index contributed by atoms with van der Waals surface area (Å²) in [5.41, 5.74) is 1.22. The Labute approximate surface area is 247 Å². The van der Waals surface area contributed by atoms with Gasteiger partial charge in [-0.25, -0.2) is 13.6 Å². The van der Waals surface area contributed by atoms with Crippen molar-refractivity contribution < 1.29 is 28.2 Å². The zero-order chi connectivity index (χ0) is 30.1. The number of halogens is 2. The molecule has 3 N–H and O–H groups in total. The van der Waals surface area contributed by atoms with Crippen LogP contribution >= 0.6 is 0 Å². The van der Waals surface area contributed by atoms with Gasteiger partial charge in [-0.05, 0) is 48.9 Å². The lowest BCUT2D eigenvalue weighted by Gasteiger charge is -2.31. The second-order valence-electron chi connectivity index (χ2n) is 11.4. The number of hydrogen-bond acceptors (Lipinski definition) is 5. The lowest BCUT2D eigenvalue weighted by molar-refractivity contribution is -0.126. The highest BCUT2D eigenvalue weighted by Crippen LogP contribution is 2.23. The lowest BCUT2D eigenvalue weighted by Crippen LogP contribution is -2.56. The van der Waals surface area contributed by atoms with Gasteiger partial charge in [0.2, 0.25) is 5.91 Å². The molecule has 10 heteroatoms. The van der Waals surface area contributed by atoms with Crippen molar-refractivity contribution >= 4 is 11.9 Å². The van der Waals surface area contributed by atoms with Crippen molar-refractivity contribution in [3.63, 3.8) is 0 Å². The van der Waals surface area contributed by atoms with Crippen LogP contribution in [0.5, 0.6) is 0 Å². The van der Waals surface area contributed by atoms with Crippen LogP contribution in [0, 0.1) is 11.6 Å². The molecule has 3 amide bonds. The van der Waals surface area contributed by atoms with Crippen LogP contribution in [0.2, 0.25) is 0 Å². The summed E-state index contributed by atoms with van der Waals surface area (Å²) < 4.78 is 34.1. The van der Waals surface area contributed by atoms with Crippen molar-refractivity contribution in [2.24, 2.45) is 0 Å². The van der Waals surface area contributed by atoms with E-state index in [1.54, 1.807) is 9.80 Å². The van der Waals surface area contributed by atoms with Crippen LogP contribution in [0.15, 0.2) is 48.5 Å². The molecule has 0 aromatic heterocycles. The zero-order valence-electron chi connectivity index (χ0n) is 24.6.